The Morgan fingerprint density at radius 1 is 1.19 bits per heavy atom. The fourth-order valence-electron chi connectivity index (χ4n) is 2.08. The van der Waals surface area contributed by atoms with Crippen molar-refractivity contribution in [2.45, 2.75) is 38.3 Å². The number of carboxylic acid groups (broad SMARTS) is 2. The van der Waals surface area contributed by atoms with E-state index in [-0.39, 0.29) is 38.6 Å². The van der Waals surface area contributed by atoms with Crippen LogP contribution in [0.5, 0.6) is 0 Å². The molecule has 2 atom stereocenters. The summed E-state index contributed by atoms with van der Waals surface area (Å²) in [6, 6.07) is -0.867. The Hall–Kier alpha value is -2.16. The summed E-state index contributed by atoms with van der Waals surface area (Å²) in [4.78, 5) is 45.5. The zero-order chi connectivity index (χ0) is 16.0. The quantitative estimate of drug-likeness (QED) is 0.522. The predicted octanol–water partition coefficient (Wildman–Crippen LogP) is -0.407. The zero-order valence-electron chi connectivity index (χ0n) is 11.3. The maximum absolute atomic E-state index is 11.9. The van der Waals surface area contributed by atoms with Gasteiger partial charge in [0.1, 0.15) is 6.23 Å². The fourth-order valence-corrected chi connectivity index (χ4v) is 2.08. The zero-order valence-corrected chi connectivity index (χ0v) is 11.3. The van der Waals surface area contributed by atoms with E-state index in [0.29, 0.717) is 0 Å². The van der Waals surface area contributed by atoms with Crippen LogP contribution in [0.1, 0.15) is 32.1 Å². The monoisotopic (exact) mass is 302 g/mol. The van der Waals surface area contributed by atoms with Crippen molar-refractivity contribution in [1.29, 1.82) is 0 Å². The standard InChI is InChI=1S/C12H18N2O7/c15-8-3-1-7(2-4-9(16)17)11(20)13-12(21)14(8)6-5-10(18)19/h7,11,20H,1-6H2,(H,13,21)(H,16,17)(H,18,19). The van der Waals surface area contributed by atoms with E-state index >= 15 is 0 Å². The van der Waals surface area contributed by atoms with Gasteiger partial charge in [-0.15, -0.1) is 0 Å². The summed E-state index contributed by atoms with van der Waals surface area (Å²) >= 11 is 0. The Labute approximate surface area is 120 Å². The van der Waals surface area contributed by atoms with E-state index in [2.05, 4.69) is 5.32 Å². The fraction of sp³-hybridized carbons (Fsp3) is 0.667. The molecular weight excluding hydrogens is 284 g/mol. The highest BCUT2D eigenvalue weighted by Crippen LogP contribution is 2.20. The first-order valence-electron chi connectivity index (χ1n) is 6.53. The minimum Gasteiger partial charge on any atom is -0.481 e. The van der Waals surface area contributed by atoms with E-state index in [4.69, 9.17) is 10.2 Å². The van der Waals surface area contributed by atoms with Gasteiger partial charge < -0.3 is 20.6 Å². The molecule has 1 heterocycles. The molecule has 1 saturated heterocycles. The van der Waals surface area contributed by atoms with Crippen LogP contribution in [0.2, 0.25) is 0 Å². The Kier molecular flexibility index (Phi) is 6.10. The van der Waals surface area contributed by atoms with Gasteiger partial charge in [-0.05, 0) is 12.8 Å². The third-order valence-electron chi connectivity index (χ3n) is 3.27. The topological polar surface area (TPSA) is 144 Å². The van der Waals surface area contributed by atoms with E-state index in [0.717, 1.165) is 4.90 Å². The number of rotatable bonds is 6. The molecule has 1 rings (SSSR count). The minimum absolute atomic E-state index is 0.0472. The lowest BCUT2D eigenvalue weighted by molar-refractivity contribution is -0.138. The predicted molar refractivity (Wildman–Crippen MR) is 68.1 cm³/mol. The number of carbonyl (C=O) groups excluding carboxylic acids is 2. The van der Waals surface area contributed by atoms with Crippen molar-refractivity contribution >= 4 is 23.9 Å². The number of aliphatic carboxylic acids is 2. The third-order valence-corrected chi connectivity index (χ3v) is 3.27. The van der Waals surface area contributed by atoms with E-state index in [9.17, 15) is 24.3 Å². The van der Waals surface area contributed by atoms with Gasteiger partial charge in [0.15, 0.2) is 0 Å². The molecule has 0 saturated carbocycles. The van der Waals surface area contributed by atoms with Crippen LogP contribution in [-0.2, 0) is 14.4 Å². The summed E-state index contributed by atoms with van der Waals surface area (Å²) < 4.78 is 0. The number of amides is 3. The van der Waals surface area contributed by atoms with E-state index in [1.54, 1.807) is 0 Å². The molecule has 1 aliphatic rings. The number of aliphatic hydroxyl groups is 1. The summed E-state index contributed by atoms with van der Waals surface area (Å²) in [7, 11) is 0. The van der Waals surface area contributed by atoms with Crippen molar-refractivity contribution in [3.05, 3.63) is 0 Å². The van der Waals surface area contributed by atoms with E-state index in [1.807, 2.05) is 0 Å². The van der Waals surface area contributed by atoms with Gasteiger partial charge in [0.25, 0.3) is 0 Å². The second-order valence-corrected chi connectivity index (χ2v) is 4.81. The van der Waals surface area contributed by atoms with Gasteiger partial charge in [0.05, 0.1) is 6.42 Å². The molecule has 0 aromatic rings. The van der Waals surface area contributed by atoms with Gasteiger partial charge in [-0.25, -0.2) is 4.79 Å². The molecule has 21 heavy (non-hydrogen) atoms. The van der Waals surface area contributed by atoms with Crippen molar-refractivity contribution < 1.29 is 34.5 Å². The van der Waals surface area contributed by atoms with Gasteiger partial charge >= 0.3 is 18.0 Å². The van der Waals surface area contributed by atoms with E-state index < -0.39 is 36.0 Å². The van der Waals surface area contributed by atoms with E-state index in [1.165, 1.54) is 0 Å². The van der Waals surface area contributed by atoms with Crippen LogP contribution in [0.25, 0.3) is 0 Å². The molecule has 2 unspecified atom stereocenters. The highest BCUT2D eigenvalue weighted by molar-refractivity contribution is 5.95. The molecule has 0 aliphatic carbocycles. The van der Waals surface area contributed by atoms with Crippen LogP contribution in [0, 0.1) is 5.92 Å². The molecule has 118 valence electrons. The molecule has 0 aromatic carbocycles. The molecule has 4 N–H and O–H groups in total. The van der Waals surface area contributed by atoms with Gasteiger partial charge in [-0.3, -0.25) is 19.3 Å². The van der Waals surface area contributed by atoms with Gasteiger partial charge in [0, 0.05) is 25.3 Å². The lowest BCUT2D eigenvalue weighted by Gasteiger charge is -2.30. The average Bonchev–Trinajstić information content (AvgIpc) is 2.36. The molecule has 3 amide bonds. The molecule has 1 aliphatic heterocycles. The Morgan fingerprint density at radius 2 is 1.81 bits per heavy atom. The van der Waals surface area contributed by atoms with Gasteiger partial charge in [-0.1, -0.05) is 0 Å². The Morgan fingerprint density at radius 3 is 2.38 bits per heavy atom. The first-order valence-corrected chi connectivity index (χ1v) is 6.53. The van der Waals surface area contributed by atoms with Crippen LogP contribution in [-0.4, -0.2) is 56.9 Å². The lowest BCUT2D eigenvalue weighted by Crippen LogP contribution is -2.52. The summed E-state index contributed by atoms with van der Waals surface area (Å²) in [5.74, 6) is -3.24. The molecule has 9 heteroatoms. The largest absolute Gasteiger partial charge is 0.481 e. The summed E-state index contributed by atoms with van der Waals surface area (Å²) in [5.41, 5.74) is 0. The molecule has 0 bridgehead atoms. The van der Waals surface area contributed by atoms with Gasteiger partial charge in [-0.2, -0.15) is 0 Å². The van der Waals surface area contributed by atoms with Crippen molar-refractivity contribution in [3.8, 4) is 0 Å². The maximum atomic E-state index is 11.9. The second kappa shape index (κ2) is 7.58. The highest BCUT2D eigenvalue weighted by Gasteiger charge is 2.31. The van der Waals surface area contributed by atoms with Crippen LogP contribution < -0.4 is 5.32 Å². The number of hydrogen-bond acceptors (Lipinski definition) is 5. The molecule has 9 nitrogen and oxygen atoms in total. The number of carbonyl (C=O) groups is 4. The van der Waals surface area contributed by atoms with Gasteiger partial charge in [0.2, 0.25) is 5.91 Å². The summed E-state index contributed by atoms with van der Waals surface area (Å²) in [5, 5.41) is 29.3. The second-order valence-electron chi connectivity index (χ2n) is 4.81. The summed E-state index contributed by atoms with van der Waals surface area (Å²) in [6.07, 6.45) is -1.51. The number of nitrogens with zero attached hydrogens (tertiary/aromatic N) is 1. The van der Waals surface area contributed by atoms with Crippen LogP contribution in [0.3, 0.4) is 0 Å². The average molecular weight is 302 g/mol. The number of imide groups is 1. The lowest BCUT2D eigenvalue weighted by atomic mass is 9.94. The highest BCUT2D eigenvalue weighted by atomic mass is 16.4. The van der Waals surface area contributed by atoms with Crippen molar-refractivity contribution in [2.24, 2.45) is 5.92 Å². The first kappa shape index (κ1) is 16.9. The number of aliphatic hydroxyl groups excluding tert-OH is 1. The molecule has 1 fully saturated rings. The number of nitrogens with one attached hydrogen (secondary N) is 1. The first-order chi connectivity index (χ1) is 9.81. The molecule has 0 aromatic heterocycles. The number of carboxylic acids is 2. The maximum Gasteiger partial charge on any atom is 0.326 e. The number of urea groups is 1. The normalized spacial score (nSPS) is 23.2. The summed E-state index contributed by atoms with van der Waals surface area (Å²) in [6.45, 7) is -0.271. The van der Waals surface area contributed by atoms with Crippen molar-refractivity contribution in [3.63, 3.8) is 0 Å². The number of hydrogen-bond donors (Lipinski definition) is 4. The van der Waals surface area contributed by atoms with Crippen LogP contribution in [0.15, 0.2) is 0 Å². The van der Waals surface area contributed by atoms with Crippen LogP contribution in [0.4, 0.5) is 4.79 Å². The molecule has 0 radical (unpaired) electrons. The Balaban J connectivity index is 2.67. The van der Waals surface area contributed by atoms with Crippen molar-refractivity contribution in [1.82, 2.24) is 10.2 Å². The third kappa shape index (κ3) is 5.38. The molecule has 0 spiro atoms. The molecular formula is C12H18N2O7. The minimum atomic E-state index is -1.27. The Bertz CT molecular complexity index is 437. The smallest absolute Gasteiger partial charge is 0.326 e. The SMILES string of the molecule is O=C(O)CCC1CCC(=O)N(CCC(=O)O)C(=O)NC1O. The van der Waals surface area contributed by atoms with Crippen molar-refractivity contribution in [2.75, 3.05) is 6.54 Å². The van der Waals surface area contributed by atoms with Crippen LogP contribution >= 0.6 is 0 Å².